The number of likely N-dealkylation sites (tertiary alicyclic amines) is 1. The molecule has 0 radical (unpaired) electrons. The van der Waals surface area contributed by atoms with Crippen molar-refractivity contribution in [2.75, 3.05) is 18.4 Å². The molecule has 2 heterocycles. The fraction of sp³-hybridized carbons (Fsp3) is 0.333. The highest BCUT2D eigenvalue weighted by Gasteiger charge is 2.23. The smallest absolute Gasteiger partial charge is 0.321 e. The van der Waals surface area contributed by atoms with Crippen molar-refractivity contribution in [2.45, 2.75) is 18.9 Å². The van der Waals surface area contributed by atoms with Gasteiger partial charge in [0.2, 0.25) is 0 Å². The molecule has 0 saturated carbocycles. The minimum absolute atomic E-state index is 0.0590. The molecule has 1 fully saturated rings. The molecular weight excluding hydrogens is 288 g/mol. The first-order valence-electron chi connectivity index (χ1n) is 7.03. The van der Waals surface area contributed by atoms with Gasteiger partial charge in [-0.1, -0.05) is 11.6 Å². The molecule has 5 nitrogen and oxygen atoms in total. The minimum Gasteiger partial charge on any atom is -0.324 e. The molecule has 21 heavy (non-hydrogen) atoms. The standard InChI is InChI=1S/C15H17ClN4O/c16-12-2-4-13(5-3-12)18-15(21)19-10-6-14(7-11-19)20-9-1-8-17-20/h1-5,8-9,14H,6-7,10-11H2,(H,18,21). The van der Waals surface area contributed by atoms with Gasteiger partial charge >= 0.3 is 6.03 Å². The molecule has 1 aromatic carbocycles. The molecule has 0 bridgehead atoms. The van der Waals surface area contributed by atoms with Crippen LogP contribution >= 0.6 is 11.6 Å². The van der Waals surface area contributed by atoms with Crippen LogP contribution < -0.4 is 5.32 Å². The van der Waals surface area contributed by atoms with Gasteiger partial charge in [-0.3, -0.25) is 4.68 Å². The van der Waals surface area contributed by atoms with E-state index in [4.69, 9.17) is 11.6 Å². The Labute approximate surface area is 128 Å². The first-order valence-corrected chi connectivity index (χ1v) is 7.41. The number of anilines is 1. The number of rotatable bonds is 2. The van der Waals surface area contributed by atoms with Crippen LogP contribution in [-0.4, -0.2) is 33.8 Å². The van der Waals surface area contributed by atoms with Gasteiger partial charge in [0, 0.05) is 36.2 Å². The van der Waals surface area contributed by atoms with Gasteiger partial charge in [-0.2, -0.15) is 5.10 Å². The quantitative estimate of drug-likeness (QED) is 0.924. The van der Waals surface area contributed by atoms with Gasteiger partial charge in [-0.15, -0.1) is 0 Å². The minimum atomic E-state index is -0.0590. The van der Waals surface area contributed by atoms with E-state index in [0.29, 0.717) is 11.1 Å². The van der Waals surface area contributed by atoms with Crippen molar-refractivity contribution < 1.29 is 4.79 Å². The van der Waals surface area contributed by atoms with Gasteiger partial charge in [0.25, 0.3) is 0 Å². The summed E-state index contributed by atoms with van der Waals surface area (Å²) in [5.74, 6) is 0. The second kappa shape index (κ2) is 6.18. The molecule has 3 rings (SSSR count). The van der Waals surface area contributed by atoms with Crippen molar-refractivity contribution in [2.24, 2.45) is 0 Å². The Hall–Kier alpha value is -2.01. The number of benzene rings is 1. The number of nitrogens with one attached hydrogen (secondary N) is 1. The van der Waals surface area contributed by atoms with E-state index in [-0.39, 0.29) is 6.03 Å². The lowest BCUT2D eigenvalue weighted by atomic mass is 10.1. The van der Waals surface area contributed by atoms with Crippen LogP contribution in [0.15, 0.2) is 42.7 Å². The SMILES string of the molecule is O=C(Nc1ccc(Cl)cc1)N1CCC(n2cccn2)CC1. The Morgan fingerprint density at radius 3 is 2.57 bits per heavy atom. The zero-order chi connectivity index (χ0) is 14.7. The van der Waals surface area contributed by atoms with Gasteiger partial charge in [-0.25, -0.2) is 4.79 Å². The molecule has 1 N–H and O–H groups in total. The molecule has 1 aliphatic heterocycles. The normalized spacial score (nSPS) is 16.0. The van der Waals surface area contributed by atoms with E-state index < -0.39 is 0 Å². The third-order valence-corrected chi connectivity index (χ3v) is 4.00. The van der Waals surface area contributed by atoms with Crippen LogP contribution in [0.2, 0.25) is 5.02 Å². The van der Waals surface area contributed by atoms with Gasteiger partial charge in [-0.05, 0) is 43.2 Å². The van der Waals surface area contributed by atoms with Crippen molar-refractivity contribution >= 4 is 23.3 Å². The van der Waals surface area contributed by atoms with Crippen molar-refractivity contribution in [1.82, 2.24) is 14.7 Å². The maximum Gasteiger partial charge on any atom is 0.321 e. The number of piperidine rings is 1. The monoisotopic (exact) mass is 304 g/mol. The van der Waals surface area contributed by atoms with E-state index in [0.717, 1.165) is 31.6 Å². The first kappa shape index (κ1) is 13.9. The first-order chi connectivity index (χ1) is 10.2. The molecule has 0 unspecified atom stereocenters. The van der Waals surface area contributed by atoms with Gasteiger partial charge < -0.3 is 10.2 Å². The Morgan fingerprint density at radius 2 is 1.95 bits per heavy atom. The van der Waals surface area contributed by atoms with Crippen molar-refractivity contribution in [1.29, 1.82) is 0 Å². The van der Waals surface area contributed by atoms with E-state index in [9.17, 15) is 4.79 Å². The number of nitrogens with zero attached hydrogens (tertiary/aromatic N) is 3. The van der Waals surface area contributed by atoms with Crippen LogP contribution in [0.5, 0.6) is 0 Å². The lowest BCUT2D eigenvalue weighted by Crippen LogP contribution is -2.41. The second-order valence-electron chi connectivity index (χ2n) is 5.14. The highest BCUT2D eigenvalue weighted by atomic mass is 35.5. The summed E-state index contributed by atoms with van der Waals surface area (Å²) in [4.78, 5) is 14.0. The number of carbonyl (C=O) groups excluding carboxylic acids is 1. The molecule has 2 aromatic rings. The highest BCUT2D eigenvalue weighted by molar-refractivity contribution is 6.30. The molecule has 110 valence electrons. The van der Waals surface area contributed by atoms with Crippen molar-refractivity contribution in [3.8, 4) is 0 Å². The number of carbonyl (C=O) groups is 1. The lowest BCUT2D eigenvalue weighted by Gasteiger charge is -2.32. The summed E-state index contributed by atoms with van der Waals surface area (Å²) in [6, 6.07) is 9.39. The lowest BCUT2D eigenvalue weighted by molar-refractivity contribution is 0.180. The zero-order valence-corrected chi connectivity index (χ0v) is 12.3. The molecule has 2 amide bonds. The van der Waals surface area contributed by atoms with E-state index >= 15 is 0 Å². The summed E-state index contributed by atoms with van der Waals surface area (Å²) in [5, 5.41) is 7.83. The topological polar surface area (TPSA) is 50.2 Å². The van der Waals surface area contributed by atoms with Gasteiger partial charge in [0.05, 0.1) is 6.04 Å². The summed E-state index contributed by atoms with van der Waals surface area (Å²) in [6.45, 7) is 1.48. The van der Waals surface area contributed by atoms with Crippen LogP contribution in [0.25, 0.3) is 0 Å². The van der Waals surface area contributed by atoms with E-state index in [1.165, 1.54) is 0 Å². The zero-order valence-electron chi connectivity index (χ0n) is 11.6. The Bertz CT molecular complexity index is 589. The van der Waals surface area contributed by atoms with Gasteiger partial charge in [0.15, 0.2) is 0 Å². The molecule has 0 atom stereocenters. The van der Waals surface area contributed by atoms with E-state index in [2.05, 4.69) is 10.4 Å². The van der Waals surface area contributed by atoms with E-state index in [1.807, 2.05) is 21.8 Å². The molecule has 0 aliphatic carbocycles. The Morgan fingerprint density at radius 1 is 1.24 bits per heavy atom. The molecule has 1 saturated heterocycles. The van der Waals surface area contributed by atoms with Crippen molar-refractivity contribution in [3.63, 3.8) is 0 Å². The number of aromatic nitrogens is 2. The number of hydrogen-bond donors (Lipinski definition) is 1. The Kier molecular flexibility index (Phi) is 4.10. The van der Waals surface area contributed by atoms with Crippen LogP contribution in [0.4, 0.5) is 10.5 Å². The predicted octanol–water partition coefficient (Wildman–Crippen LogP) is 3.41. The van der Waals surface area contributed by atoms with Crippen LogP contribution in [0, 0.1) is 0 Å². The largest absolute Gasteiger partial charge is 0.324 e. The summed E-state index contributed by atoms with van der Waals surface area (Å²) in [7, 11) is 0. The summed E-state index contributed by atoms with van der Waals surface area (Å²) in [5.41, 5.74) is 0.763. The van der Waals surface area contributed by atoms with Gasteiger partial charge in [0.1, 0.15) is 0 Å². The van der Waals surface area contributed by atoms with Crippen molar-refractivity contribution in [3.05, 3.63) is 47.7 Å². The number of urea groups is 1. The maximum atomic E-state index is 12.2. The molecule has 0 spiro atoms. The second-order valence-corrected chi connectivity index (χ2v) is 5.58. The number of hydrogen-bond acceptors (Lipinski definition) is 2. The summed E-state index contributed by atoms with van der Waals surface area (Å²) in [6.07, 6.45) is 5.62. The summed E-state index contributed by atoms with van der Waals surface area (Å²) >= 11 is 5.83. The third kappa shape index (κ3) is 3.36. The maximum absolute atomic E-state index is 12.2. The molecule has 6 heteroatoms. The van der Waals surface area contributed by atoms with E-state index in [1.54, 1.807) is 30.5 Å². The Balaban J connectivity index is 1.54. The summed E-state index contributed by atoms with van der Waals surface area (Å²) < 4.78 is 1.98. The number of halogens is 1. The molecule has 1 aliphatic rings. The highest BCUT2D eigenvalue weighted by Crippen LogP contribution is 2.22. The predicted molar refractivity (Wildman–Crippen MR) is 82.5 cm³/mol. The van der Waals surface area contributed by atoms with Crippen LogP contribution in [-0.2, 0) is 0 Å². The number of amides is 2. The fourth-order valence-corrected chi connectivity index (χ4v) is 2.69. The fourth-order valence-electron chi connectivity index (χ4n) is 2.57. The molecular formula is C15H17ClN4O. The molecule has 1 aromatic heterocycles. The van der Waals surface area contributed by atoms with Crippen LogP contribution in [0.3, 0.4) is 0 Å². The average molecular weight is 305 g/mol. The van der Waals surface area contributed by atoms with Crippen LogP contribution in [0.1, 0.15) is 18.9 Å². The third-order valence-electron chi connectivity index (χ3n) is 3.75. The average Bonchev–Trinajstić information content (AvgIpc) is 3.04.